The van der Waals surface area contributed by atoms with Gasteiger partial charge in [-0.1, -0.05) is 324 Å². The SMILES string of the molecule is CCCCCCCCCCCCCCCCCCCC(=O)OC[C@@H](COC(=O)CCCCCCCCCCCCCCCCCCCCC(C)C)OC(=O)CCCCCCCCCCCCCC(C)C. The van der Waals surface area contributed by atoms with E-state index in [0.29, 0.717) is 19.3 Å². The second kappa shape index (κ2) is 56.7. The second-order valence-corrected chi connectivity index (χ2v) is 23.0. The normalized spacial score (nSPS) is 12.0. The lowest BCUT2D eigenvalue weighted by atomic mass is 10.0. The van der Waals surface area contributed by atoms with E-state index in [1.165, 1.54) is 250 Å². The first-order valence-corrected chi connectivity index (χ1v) is 31.7. The van der Waals surface area contributed by atoms with Crippen molar-refractivity contribution in [2.24, 2.45) is 11.8 Å². The molecule has 0 amide bonds. The lowest BCUT2D eigenvalue weighted by Gasteiger charge is -2.18. The zero-order valence-corrected chi connectivity index (χ0v) is 48.2. The molecule has 416 valence electrons. The van der Waals surface area contributed by atoms with Crippen LogP contribution in [-0.4, -0.2) is 37.2 Å². The van der Waals surface area contributed by atoms with E-state index in [1.54, 1.807) is 0 Å². The van der Waals surface area contributed by atoms with Crippen LogP contribution < -0.4 is 0 Å². The molecule has 0 aliphatic rings. The van der Waals surface area contributed by atoms with Crippen molar-refractivity contribution < 1.29 is 28.6 Å². The Hall–Kier alpha value is -1.59. The van der Waals surface area contributed by atoms with Gasteiger partial charge >= 0.3 is 17.9 Å². The van der Waals surface area contributed by atoms with Gasteiger partial charge in [0.25, 0.3) is 0 Å². The van der Waals surface area contributed by atoms with Crippen LogP contribution in [0.1, 0.15) is 362 Å². The van der Waals surface area contributed by atoms with Crippen molar-refractivity contribution in [2.75, 3.05) is 13.2 Å². The standard InChI is InChI=1S/C64H124O6/c1-6-7-8-9-10-11-12-13-14-17-21-24-29-34-39-44-49-54-62(65)68-57-61(70-64(67)56-51-46-41-36-31-26-28-33-38-43-48-53-60(4)5)58-69-63(66)55-50-45-40-35-30-25-22-19-16-15-18-20-23-27-32-37-42-47-52-59(2)3/h59-61H,6-58H2,1-5H3/t61-/m0/s1. The van der Waals surface area contributed by atoms with Gasteiger partial charge in [-0.05, 0) is 31.1 Å². The van der Waals surface area contributed by atoms with Crippen molar-refractivity contribution in [3.05, 3.63) is 0 Å². The van der Waals surface area contributed by atoms with Crippen molar-refractivity contribution in [2.45, 2.75) is 368 Å². The van der Waals surface area contributed by atoms with Crippen LogP contribution >= 0.6 is 0 Å². The molecule has 70 heavy (non-hydrogen) atoms. The quantitative estimate of drug-likeness (QED) is 0.0343. The Balaban J connectivity index is 4.25. The third-order valence-corrected chi connectivity index (χ3v) is 14.7. The molecule has 0 rings (SSSR count). The molecule has 0 aliphatic heterocycles. The predicted octanol–water partition coefficient (Wildman–Crippen LogP) is 21.2. The van der Waals surface area contributed by atoms with Crippen molar-refractivity contribution in [1.29, 1.82) is 0 Å². The summed E-state index contributed by atoms with van der Waals surface area (Å²) in [5.41, 5.74) is 0. The second-order valence-electron chi connectivity index (χ2n) is 23.0. The molecule has 0 spiro atoms. The summed E-state index contributed by atoms with van der Waals surface area (Å²) in [6.45, 7) is 11.4. The molecule has 0 aliphatic carbocycles. The van der Waals surface area contributed by atoms with Gasteiger partial charge in [-0.25, -0.2) is 0 Å². The van der Waals surface area contributed by atoms with E-state index in [0.717, 1.165) is 69.6 Å². The van der Waals surface area contributed by atoms with E-state index in [9.17, 15) is 14.4 Å². The Labute approximate surface area is 438 Å². The monoisotopic (exact) mass is 989 g/mol. The zero-order chi connectivity index (χ0) is 51.1. The van der Waals surface area contributed by atoms with Gasteiger partial charge in [0.2, 0.25) is 0 Å². The van der Waals surface area contributed by atoms with Crippen molar-refractivity contribution in [3.8, 4) is 0 Å². The van der Waals surface area contributed by atoms with Gasteiger partial charge in [-0.3, -0.25) is 14.4 Å². The fourth-order valence-corrected chi connectivity index (χ4v) is 9.93. The van der Waals surface area contributed by atoms with Gasteiger partial charge in [-0.15, -0.1) is 0 Å². The minimum atomic E-state index is -0.763. The molecule has 6 heteroatoms. The highest BCUT2D eigenvalue weighted by Crippen LogP contribution is 2.19. The van der Waals surface area contributed by atoms with Gasteiger partial charge < -0.3 is 14.2 Å². The molecule has 0 heterocycles. The summed E-state index contributed by atoms with van der Waals surface area (Å²) in [6.07, 6.45) is 62.5. The molecular weight excluding hydrogens is 865 g/mol. The highest BCUT2D eigenvalue weighted by molar-refractivity contribution is 5.71. The molecule has 1 atom stereocenters. The number of carbonyl (C=O) groups excluding carboxylic acids is 3. The Kier molecular flexibility index (Phi) is 55.4. The summed E-state index contributed by atoms with van der Waals surface area (Å²) >= 11 is 0. The van der Waals surface area contributed by atoms with Crippen LogP contribution in [0.15, 0.2) is 0 Å². The molecule has 0 saturated heterocycles. The molecule has 0 aromatic heterocycles. The maximum absolute atomic E-state index is 12.9. The molecule has 0 fully saturated rings. The highest BCUT2D eigenvalue weighted by atomic mass is 16.6. The Morgan fingerprint density at radius 1 is 0.271 bits per heavy atom. The number of esters is 3. The van der Waals surface area contributed by atoms with E-state index in [4.69, 9.17) is 14.2 Å². The van der Waals surface area contributed by atoms with Crippen LogP contribution in [0.3, 0.4) is 0 Å². The number of hydrogen-bond acceptors (Lipinski definition) is 6. The van der Waals surface area contributed by atoms with E-state index in [1.807, 2.05) is 0 Å². The fourth-order valence-electron chi connectivity index (χ4n) is 9.93. The third kappa shape index (κ3) is 57.3. The molecule has 0 aromatic carbocycles. The van der Waals surface area contributed by atoms with Crippen LogP contribution in [-0.2, 0) is 28.6 Å². The zero-order valence-electron chi connectivity index (χ0n) is 48.2. The molecule has 0 bridgehead atoms. The molecule has 0 saturated carbocycles. The van der Waals surface area contributed by atoms with Crippen LogP contribution in [0.5, 0.6) is 0 Å². The Morgan fingerprint density at radius 2 is 0.471 bits per heavy atom. The van der Waals surface area contributed by atoms with Gasteiger partial charge in [-0.2, -0.15) is 0 Å². The summed E-state index contributed by atoms with van der Waals surface area (Å²) in [6, 6.07) is 0. The van der Waals surface area contributed by atoms with Gasteiger partial charge in [0.05, 0.1) is 0 Å². The molecule has 0 aromatic rings. The van der Waals surface area contributed by atoms with Gasteiger partial charge in [0, 0.05) is 19.3 Å². The molecule has 6 nitrogen and oxygen atoms in total. The van der Waals surface area contributed by atoms with Gasteiger partial charge in [0.1, 0.15) is 13.2 Å². The van der Waals surface area contributed by atoms with Crippen molar-refractivity contribution >= 4 is 17.9 Å². The number of ether oxygens (including phenoxy) is 3. The van der Waals surface area contributed by atoms with Crippen LogP contribution in [0.25, 0.3) is 0 Å². The molecule has 0 unspecified atom stereocenters. The minimum absolute atomic E-state index is 0.0621. The van der Waals surface area contributed by atoms with Crippen LogP contribution in [0.2, 0.25) is 0 Å². The first-order chi connectivity index (χ1) is 34.2. The van der Waals surface area contributed by atoms with Gasteiger partial charge in [0.15, 0.2) is 6.10 Å². The maximum Gasteiger partial charge on any atom is 0.306 e. The Morgan fingerprint density at radius 3 is 0.700 bits per heavy atom. The van der Waals surface area contributed by atoms with Crippen molar-refractivity contribution in [1.82, 2.24) is 0 Å². The van der Waals surface area contributed by atoms with E-state index in [-0.39, 0.29) is 31.1 Å². The highest BCUT2D eigenvalue weighted by Gasteiger charge is 2.19. The van der Waals surface area contributed by atoms with Crippen LogP contribution in [0.4, 0.5) is 0 Å². The lowest BCUT2D eigenvalue weighted by Crippen LogP contribution is -2.30. The maximum atomic E-state index is 12.9. The average molecular weight is 990 g/mol. The number of hydrogen-bond donors (Lipinski definition) is 0. The smallest absolute Gasteiger partial charge is 0.306 e. The first-order valence-electron chi connectivity index (χ1n) is 31.7. The number of rotatable bonds is 58. The summed E-state index contributed by atoms with van der Waals surface area (Å²) < 4.78 is 16.9. The van der Waals surface area contributed by atoms with E-state index >= 15 is 0 Å². The Bertz CT molecular complexity index is 1070. The van der Waals surface area contributed by atoms with Crippen molar-refractivity contribution in [3.63, 3.8) is 0 Å². The first kappa shape index (κ1) is 68.4. The summed E-state index contributed by atoms with van der Waals surface area (Å²) in [5, 5.41) is 0. The predicted molar refractivity (Wildman–Crippen MR) is 303 cm³/mol. The van der Waals surface area contributed by atoms with E-state index < -0.39 is 6.10 Å². The summed E-state index contributed by atoms with van der Waals surface area (Å²) in [4.78, 5) is 38.3. The topological polar surface area (TPSA) is 78.9 Å². The number of carbonyl (C=O) groups is 3. The third-order valence-electron chi connectivity index (χ3n) is 14.7. The summed E-state index contributed by atoms with van der Waals surface area (Å²) in [5.74, 6) is 0.851. The largest absolute Gasteiger partial charge is 0.462 e. The minimum Gasteiger partial charge on any atom is -0.462 e. The number of unbranched alkanes of at least 4 members (excludes halogenated alkanes) is 43. The van der Waals surface area contributed by atoms with Crippen LogP contribution in [0, 0.1) is 11.8 Å². The van der Waals surface area contributed by atoms with E-state index in [2.05, 4.69) is 34.6 Å². The molecular formula is C64H124O6. The molecule has 0 N–H and O–H groups in total. The fraction of sp³-hybridized carbons (Fsp3) is 0.953. The summed E-state index contributed by atoms with van der Waals surface area (Å²) in [7, 11) is 0. The average Bonchev–Trinajstić information content (AvgIpc) is 3.33. The molecule has 0 radical (unpaired) electrons. The lowest BCUT2D eigenvalue weighted by molar-refractivity contribution is -0.167.